The van der Waals surface area contributed by atoms with Gasteiger partial charge in [0.05, 0.1) is 47.9 Å². The van der Waals surface area contributed by atoms with Crippen molar-refractivity contribution in [2.75, 3.05) is 32.1 Å². The number of nitrogens with zero attached hydrogens (tertiary/aromatic N) is 4. The van der Waals surface area contributed by atoms with Gasteiger partial charge in [-0.25, -0.2) is 4.98 Å². The van der Waals surface area contributed by atoms with Gasteiger partial charge in [0.1, 0.15) is 6.04 Å². The number of nitrogens with one attached hydrogen (secondary N) is 2. The van der Waals surface area contributed by atoms with Gasteiger partial charge in [-0.15, -0.1) is 0 Å². The first-order chi connectivity index (χ1) is 17.1. The summed E-state index contributed by atoms with van der Waals surface area (Å²) in [5, 5.41) is 4.50. The van der Waals surface area contributed by atoms with Crippen LogP contribution < -0.4 is 5.32 Å². The van der Waals surface area contributed by atoms with Crippen LogP contribution in [0.5, 0.6) is 0 Å². The third-order valence-electron chi connectivity index (χ3n) is 6.55. The maximum Gasteiger partial charge on any atom is 0.323 e. The average Bonchev–Trinajstić information content (AvgIpc) is 3.38. The molecule has 4 heterocycles. The average molecular weight is 471 g/mol. The molecule has 3 aromatic heterocycles. The second kappa shape index (κ2) is 10.2. The maximum atomic E-state index is 12.1. The molecule has 4 aromatic rings. The Labute approximate surface area is 204 Å². The number of carbonyl (C=O) groups excluding carboxylic acids is 1. The summed E-state index contributed by atoms with van der Waals surface area (Å²) in [6.07, 6.45) is 6.60. The molecule has 5 rings (SSSR count). The van der Waals surface area contributed by atoms with Crippen LogP contribution in [0.4, 0.5) is 5.69 Å². The first kappa shape index (κ1) is 23.0. The number of carbonyl (C=O) groups is 1. The SMILES string of the molecule is COC(=O)[C@H]1CCCCN1CCNc1cnc2ccc(-c3nc[nH]c3-c3cccc(C)n3)cc2c1. The minimum absolute atomic E-state index is 0.136. The van der Waals surface area contributed by atoms with Crippen LogP contribution in [0.1, 0.15) is 25.0 Å². The number of aryl methyl sites for hydroxylation is 1. The number of imidazole rings is 1. The molecule has 1 aromatic carbocycles. The number of benzene rings is 1. The first-order valence-corrected chi connectivity index (χ1v) is 12.1. The summed E-state index contributed by atoms with van der Waals surface area (Å²) in [4.78, 5) is 31.4. The molecule has 0 radical (unpaired) electrons. The number of hydrogen-bond donors (Lipinski definition) is 2. The highest BCUT2D eigenvalue weighted by Crippen LogP contribution is 2.30. The lowest BCUT2D eigenvalue weighted by Gasteiger charge is -2.33. The number of piperidine rings is 1. The molecule has 180 valence electrons. The molecule has 8 heteroatoms. The Morgan fingerprint density at radius 3 is 2.97 bits per heavy atom. The van der Waals surface area contributed by atoms with Gasteiger partial charge in [0, 0.05) is 29.7 Å². The predicted octanol–water partition coefficient (Wildman–Crippen LogP) is 4.43. The van der Waals surface area contributed by atoms with Crippen molar-refractivity contribution in [2.45, 2.75) is 32.2 Å². The smallest absolute Gasteiger partial charge is 0.323 e. The van der Waals surface area contributed by atoms with Crippen molar-refractivity contribution in [2.24, 2.45) is 0 Å². The van der Waals surface area contributed by atoms with Crippen LogP contribution in [-0.4, -0.2) is 63.6 Å². The Bertz CT molecular complexity index is 1330. The molecule has 0 amide bonds. The highest BCUT2D eigenvalue weighted by Gasteiger charge is 2.28. The second-order valence-electron chi connectivity index (χ2n) is 8.92. The van der Waals surface area contributed by atoms with Crippen LogP contribution in [0, 0.1) is 6.92 Å². The van der Waals surface area contributed by atoms with E-state index in [4.69, 9.17) is 4.74 Å². The molecule has 0 bridgehead atoms. The number of likely N-dealkylation sites (tertiary alicyclic amines) is 1. The first-order valence-electron chi connectivity index (χ1n) is 12.1. The fourth-order valence-corrected chi connectivity index (χ4v) is 4.77. The van der Waals surface area contributed by atoms with Gasteiger partial charge in [-0.3, -0.25) is 19.7 Å². The van der Waals surface area contributed by atoms with Gasteiger partial charge in [-0.05, 0) is 56.6 Å². The van der Waals surface area contributed by atoms with E-state index >= 15 is 0 Å². The van der Waals surface area contributed by atoms with Gasteiger partial charge in [0.25, 0.3) is 0 Å². The largest absolute Gasteiger partial charge is 0.468 e. The van der Waals surface area contributed by atoms with E-state index in [0.29, 0.717) is 0 Å². The zero-order valence-corrected chi connectivity index (χ0v) is 20.1. The van der Waals surface area contributed by atoms with Gasteiger partial charge < -0.3 is 15.0 Å². The third kappa shape index (κ3) is 5.02. The molecular weight excluding hydrogens is 440 g/mol. The van der Waals surface area contributed by atoms with Crippen LogP contribution in [0.3, 0.4) is 0 Å². The fourth-order valence-electron chi connectivity index (χ4n) is 4.77. The van der Waals surface area contributed by atoms with Crippen LogP contribution in [0.15, 0.2) is 55.0 Å². The fraction of sp³-hybridized carbons (Fsp3) is 0.333. The van der Waals surface area contributed by atoms with Gasteiger partial charge >= 0.3 is 5.97 Å². The van der Waals surface area contributed by atoms with E-state index in [2.05, 4.69) is 42.3 Å². The second-order valence-corrected chi connectivity index (χ2v) is 8.92. The van der Waals surface area contributed by atoms with Gasteiger partial charge in [-0.2, -0.15) is 0 Å². The van der Waals surface area contributed by atoms with E-state index in [1.54, 1.807) is 6.33 Å². The Kier molecular flexibility index (Phi) is 6.72. The minimum atomic E-state index is -0.140. The molecule has 35 heavy (non-hydrogen) atoms. The number of pyridine rings is 2. The number of ether oxygens (including phenoxy) is 1. The van der Waals surface area contributed by atoms with Gasteiger partial charge in [0.2, 0.25) is 0 Å². The molecule has 0 aliphatic carbocycles. The van der Waals surface area contributed by atoms with E-state index in [9.17, 15) is 4.79 Å². The standard InChI is InChI=1S/C27H30N6O2/c1-18-6-5-7-23(32-18)26-25(30-17-31-26)19-9-10-22-20(14-19)15-21(16-29-22)28-11-13-33-12-4-3-8-24(33)27(34)35-2/h5-7,9-10,14-17,24,28H,3-4,8,11-13H2,1-2H3,(H,30,31)/t24-/m1/s1. The Morgan fingerprint density at radius 1 is 1.20 bits per heavy atom. The van der Waals surface area contributed by atoms with Crippen molar-refractivity contribution in [1.29, 1.82) is 0 Å². The van der Waals surface area contributed by atoms with Crippen molar-refractivity contribution < 1.29 is 9.53 Å². The van der Waals surface area contributed by atoms with Crippen LogP contribution in [-0.2, 0) is 9.53 Å². The van der Waals surface area contributed by atoms with Crippen molar-refractivity contribution in [1.82, 2.24) is 24.8 Å². The van der Waals surface area contributed by atoms with Crippen molar-refractivity contribution >= 4 is 22.6 Å². The predicted molar refractivity (Wildman–Crippen MR) is 137 cm³/mol. The Hall–Kier alpha value is -3.78. The molecule has 1 aliphatic heterocycles. The van der Waals surface area contributed by atoms with E-state index in [1.165, 1.54) is 7.11 Å². The number of anilines is 1. The number of aromatic nitrogens is 4. The normalized spacial score (nSPS) is 16.3. The Morgan fingerprint density at radius 2 is 2.11 bits per heavy atom. The quantitative estimate of drug-likeness (QED) is 0.386. The molecule has 0 saturated carbocycles. The van der Waals surface area contributed by atoms with E-state index in [1.807, 2.05) is 43.5 Å². The molecule has 1 saturated heterocycles. The molecule has 1 aliphatic rings. The van der Waals surface area contributed by atoms with Crippen molar-refractivity contribution in [3.05, 3.63) is 60.7 Å². The number of fused-ring (bicyclic) bond motifs is 1. The number of methoxy groups -OCH3 is 1. The van der Waals surface area contributed by atoms with Crippen molar-refractivity contribution in [3.8, 4) is 22.6 Å². The summed E-state index contributed by atoms with van der Waals surface area (Å²) in [7, 11) is 1.46. The zero-order chi connectivity index (χ0) is 24.2. The topological polar surface area (TPSA) is 96.0 Å². The van der Waals surface area contributed by atoms with Crippen LogP contribution >= 0.6 is 0 Å². The molecular formula is C27H30N6O2. The maximum absolute atomic E-state index is 12.1. The summed E-state index contributed by atoms with van der Waals surface area (Å²) < 4.78 is 4.99. The van der Waals surface area contributed by atoms with Crippen molar-refractivity contribution in [3.63, 3.8) is 0 Å². The molecule has 8 nitrogen and oxygen atoms in total. The molecule has 2 N–H and O–H groups in total. The highest BCUT2D eigenvalue weighted by atomic mass is 16.5. The number of H-pyrrole nitrogens is 1. The number of hydrogen-bond acceptors (Lipinski definition) is 7. The summed E-state index contributed by atoms with van der Waals surface area (Å²) in [5.41, 5.74) is 6.47. The number of rotatable bonds is 7. The van der Waals surface area contributed by atoms with Gasteiger partial charge in [-0.1, -0.05) is 18.6 Å². The molecule has 0 spiro atoms. The zero-order valence-electron chi connectivity index (χ0n) is 20.1. The lowest BCUT2D eigenvalue weighted by Crippen LogP contribution is -2.46. The number of aromatic amines is 1. The molecule has 1 atom stereocenters. The van der Waals surface area contributed by atoms with Crippen LogP contribution in [0.2, 0.25) is 0 Å². The van der Waals surface area contributed by atoms with Crippen LogP contribution in [0.25, 0.3) is 33.5 Å². The molecule has 0 unspecified atom stereocenters. The summed E-state index contributed by atoms with van der Waals surface area (Å²) in [5.74, 6) is -0.136. The third-order valence-corrected chi connectivity index (χ3v) is 6.55. The van der Waals surface area contributed by atoms with E-state index < -0.39 is 0 Å². The summed E-state index contributed by atoms with van der Waals surface area (Å²) in [6, 6.07) is 14.1. The van der Waals surface area contributed by atoms with E-state index in [-0.39, 0.29) is 12.0 Å². The lowest BCUT2D eigenvalue weighted by molar-refractivity contribution is -0.148. The summed E-state index contributed by atoms with van der Waals surface area (Å²) >= 11 is 0. The Balaban J connectivity index is 1.32. The summed E-state index contributed by atoms with van der Waals surface area (Å²) in [6.45, 7) is 4.40. The lowest BCUT2D eigenvalue weighted by atomic mass is 10.0. The van der Waals surface area contributed by atoms with Gasteiger partial charge in [0.15, 0.2) is 0 Å². The minimum Gasteiger partial charge on any atom is -0.468 e. The monoisotopic (exact) mass is 470 g/mol. The molecule has 1 fully saturated rings. The number of esters is 1. The highest BCUT2D eigenvalue weighted by molar-refractivity contribution is 5.88. The van der Waals surface area contributed by atoms with E-state index in [0.717, 1.165) is 83.8 Å².